The molecule has 0 saturated carbocycles. The second-order valence-corrected chi connectivity index (χ2v) is 5.96. The first kappa shape index (κ1) is 15.2. The molecule has 0 saturated heterocycles. The van der Waals surface area contributed by atoms with Gasteiger partial charge in [-0.15, -0.1) is 0 Å². The van der Waals surface area contributed by atoms with E-state index in [4.69, 9.17) is 4.52 Å². The van der Waals surface area contributed by atoms with Crippen LogP contribution in [0.5, 0.6) is 0 Å². The summed E-state index contributed by atoms with van der Waals surface area (Å²) in [5, 5.41) is 17.4. The number of hydrogen-bond acceptors (Lipinski definition) is 5. The first-order valence-electron chi connectivity index (χ1n) is 8.03. The predicted octanol–water partition coefficient (Wildman–Crippen LogP) is 2.34. The summed E-state index contributed by atoms with van der Waals surface area (Å²) in [6, 6.07) is 8.29. The number of aliphatic hydroxyl groups is 1. The minimum atomic E-state index is -0.388. The average molecular weight is 301 g/mol. The van der Waals surface area contributed by atoms with Crippen LogP contribution in [-0.2, 0) is 24.9 Å². The molecule has 1 aromatic heterocycles. The lowest BCUT2D eigenvalue weighted by Crippen LogP contribution is -2.43. The number of unbranched alkanes of at least 4 members (excludes halogenated alkanes) is 1. The minimum absolute atomic E-state index is 0.0740. The van der Waals surface area contributed by atoms with E-state index in [1.165, 1.54) is 11.1 Å². The molecule has 0 bridgehead atoms. The van der Waals surface area contributed by atoms with Crippen LogP contribution in [0.2, 0.25) is 0 Å². The molecule has 0 fully saturated rings. The molecule has 0 unspecified atom stereocenters. The van der Waals surface area contributed by atoms with Gasteiger partial charge in [-0.2, -0.15) is 4.98 Å². The zero-order chi connectivity index (χ0) is 15.4. The molecule has 2 N–H and O–H groups in total. The van der Waals surface area contributed by atoms with Gasteiger partial charge in [-0.3, -0.25) is 5.32 Å². The summed E-state index contributed by atoms with van der Waals surface area (Å²) < 4.78 is 5.25. The number of hydrogen-bond donors (Lipinski definition) is 2. The lowest BCUT2D eigenvalue weighted by molar-refractivity contribution is 0.157. The zero-order valence-electron chi connectivity index (χ0n) is 13.0. The second-order valence-electron chi connectivity index (χ2n) is 5.96. The topological polar surface area (TPSA) is 71.2 Å². The number of benzene rings is 1. The van der Waals surface area contributed by atoms with Crippen LogP contribution < -0.4 is 5.32 Å². The maximum atomic E-state index is 9.94. The van der Waals surface area contributed by atoms with Crippen LogP contribution in [0.25, 0.3) is 0 Å². The molecule has 5 heteroatoms. The lowest BCUT2D eigenvalue weighted by Gasteiger charge is -2.29. The number of aryl methyl sites for hydroxylation is 2. The number of aliphatic hydroxyl groups excluding tert-OH is 1. The third kappa shape index (κ3) is 2.91. The first-order chi connectivity index (χ1) is 10.8. The summed E-state index contributed by atoms with van der Waals surface area (Å²) in [7, 11) is 0. The Morgan fingerprint density at radius 3 is 3.05 bits per heavy atom. The van der Waals surface area contributed by atoms with Crippen molar-refractivity contribution in [1.29, 1.82) is 0 Å². The molecule has 0 aliphatic heterocycles. The Morgan fingerprint density at radius 1 is 1.36 bits per heavy atom. The highest BCUT2D eigenvalue weighted by molar-refractivity contribution is 5.38. The highest BCUT2D eigenvalue weighted by atomic mass is 16.5. The number of fused-ring (bicyclic) bond motifs is 1. The van der Waals surface area contributed by atoms with Crippen LogP contribution in [0.4, 0.5) is 0 Å². The molecule has 0 radical (unpaired) electrons. The lowest BCUT2D eigenvalue weighted by atomic mass is 9.92. The highest BCUT2D eigenvalue weighted by Gasteiger charge is 2.37. The fourth-order valence-corrected chi connectivity index (χ4v) is 3.13. The van der Waals surface area contributed by atoms with E-state index in [1.807, 2.05) is 12.1 Å². The van der Waals surface area contributed by atoms with Crippen LogP contribution >= 0.6 is 0 Å². The normalized spacial score (nSPS) is 20.3. The van der Waals surface area contributed by atoms with E-state index >= 15 is 0 Å². The Morgan fingerprint density at radius 2 is 2.23 bits per heavy atom. The van der Waals surface area contributed by atoms with Crippen LogP contribution in [0.3, 0.4) is 0 Å². The van der Waals surface area contributed by atoms with E-state index in [-0.39, 0.29) is 12.1 Å². The van der Waals surface area contributed by atoms with E-state index in [0.29, 0.717) is 18.3 Å². The van der Waals surface area contributed by atoms with Crippen molar-refractivity contribution in [3.63, 3.8) is 0 Å². The van der Waals surface area contributed by atoms with Crippen molar-refractivity contribution in [2.75, 3.05) is 6.61 Å². The summed E-state index contributed by atoms with van der Waals surface area (Å²) in [5.74, 6) is 1.35. The molecule has 1 heterocycles. The third-order valence-electron chi connectivity index (χ3n) is 4.46. The molecule has 5 nitrogen and oxygen atoms in total. The van der Waals surface area contributed by atoms with Crippen LogP contribution in [0.15, 0.2) is 28.8 Å². The van der Waals surface area contributed by atoms with E-state index in [1.54, 1.807) is 0 Å². The van der Waals surface area contributed by atoms with Crippen molar-refractivity contribution in [2.24, 2.45) is 0 Å². The third-order valence-corrected chi connectivity index (χ3v) is 4.46. The summed E-state index contributed by atoms with van der Waals surface area (Å²) in [6.07, 6.45) is 4.88. The Balaban J connectivity index is 1.68. The minimum Gasteiger partial charge on any atom is -0.394 e. The van der Waals surface area contributed by atoms with Gasteiger partial charge in [-0.25, -0.2) is 0 Å². The highest BCUT2D eigenvalue weighted by Crippen LogP contribution is 2.36. The van der Waals surface area contributed by atoms with E-state index < -0.39 is 0 Å². The molecular weight excluding hydrogens is 278 g/mol. The van der Waals surface area contributed by atoms with Gasteiger partial charge < -0.3 is 9.63 Å². The van der Waals surface area contributed by atoms with Gasteiger partial charge >= 0.3 is 0 Å². The molecule has 2 aromatic rings. The van der Waals surface area contributed by atoms with Gasteiger partial charge in [0.05, 0.1) is 18.7 Å². The predicted molar refractivity (Wildman–Crippen MR) is 83.3 cm³/mol. The number of rotatable bonds is 7. The van der Waals surface area contributed by atoms with Gasteiger partial charge in [0.25, 0.3) is 0 Å². The summed E-state index contributed by atoms with van der Waals surface area (Å²) in [4.78, 5) is 4.41. The van der Waals surface area contributed by atoms with Gasteiger partial charge in [0.15, 0.2) is 5.82 Å². The fourth-order valence-electron chi connectivity index (χ4n) is 3.13. The quantitative estimate of drug-likeness (QED) is 0.821. The Kier molecular flexibility index (Phi) is 4.55. The Hall–Kier alpha value is -1.72. The molecular formula is C17H23N3O2. The smallest absolute Gasteiger partial charge is 0.226 e. The largest absolute Gasteiger partial charge is 0.394 e. The van der Waals surface area contributed by atoms with Crippen molar-refractivity contribution in [2.45, 2.75) is 51.1 Å². The van der Waals surface area contributed by atoms with Gasteiger partial charge in [-0.05, 0) is 30.4 Å². The molecule has 0 spiro atoms. The van der Waals surface area contributed by atoms with E-state index in [9.17, 15) is 5.11 Å². The summed E-state index contributed by atoms with van der Waals surface area (Å²) in [5.41, 5.74) is 2.11. The molecule has 1 aliphatic rings. The average Bonchev–Trinajstić information content (AvgIpc) is 3.16. The number of nitrogens with one attached hydrogen (secondary N) is 1. The molecule has 1 aromatic carbocycles. The molecule has 0 amide bonds. The summed E-state index contributed by atoms with van der Waals surface area (Å²) >= 11 is 0. The van der Waals surface area contributed by atoms with Crippen molar-refractivity contribution in [1.82, 2.24) is 15.5 Å². The van der Waals surface area contributed by atoms with Gasteiger partial charge in [0.1, 0.15) is 0 Å². The van der Waals surface area contributed by atoms with Crippen LogP contribution in [0, 0.1) is 0 Å². The Bertz CT molecular complexity index is 626. The van der Waals surface area contributed by atoms with Crippen molar-refractivity contribution in [3.8, 4) is 0 Å². The standard InChI is InChI=1S/C17H23N3O2/c1-2-3-8-16-19-15(20-22-16)11-18-17(12-21)10-9-13-6-4-5-7-14(13)17/h4-7,18,21H,2-3,8-12H2,1H3/t17-/m0/s1. The Labute approximate surface area is 130 Å². The van der Waals surface area contributed by atoms with E-state index in [0.717, 1.165) is 32.1 Å². The molecule has 118 valence electrons. The van der Waals surface area contributed by atoms with Crippen molar-refractivity contribution >= 4 is 0 Å². The first-order valence-corrected chi connectivity index (χ1v) is 8.03. The molecule has 1 aliphatic carbocycles. The maximum absolute atomic E-state index is 9.94. The van der Waals surface area contributed by atoms with Gasteiger partial charge in [-0.1, -0.05) is 42.8 Å². The van der Waals surface area contributed by atoms with E-state index in [2.05, 4.69) is 34.5 Å². The number of aromatic nitrogens is 2. The van der Waals surface area contributed by atoms with Crippen molar-refractivity contribution < 1.29 is 9.63 Å². The monoisotopic (exact) mass is 301 g/mol. The van der Waals surface area contributed by atoms with Crippen LogP contribution in [0.1, 0.15) is 49.0 Å². The SMILES string of the molecule is CCCCc1nc(CN[C@]2(CO)CCc3ccccc32)no1. The maximum Gasteiger partial charge on any atom is 0.226 e. The second kappa shape index (κ2) is 6.58. The molecule has 1 atom stereocenters. The van der Waals surface area contributed by atoms with Crippen molar-refractivity contribution in [3.05, 3.63) is 47.1 Å². The number of nitrogens with zero attached hydrogens (tertiary/aromatic N) is 2. The molecule has 3 rings (SSSR count). The van der Waals surface area contributed by atoms with Crippen LogP contribution in [-0.4, -0.2) is 21.9 Å². The summed E-state index contributed by atoms with van der Waals surface area (Å²) in [6.45, 7) is 2.72. The molecule has 22 heavy (non-hydrogen) atoms. The fraction of sp³-hybridized carbons (Fsp3) is 0.529. The van der Waals surface area contributed by atoms with Gasteiger partial charge in [0.2, 0.25) is 5.89 Å². The van der Waals surface area contributed by atoms with Gasteiger partial charge in [0, 0.05) is 6.42 Å². The zero-order valence-corrected chi connectivity index (χ0v) is 13.0.